The molecule has 0 N–H and O–H groups in total. The molecule has 11 heavy (non-hydrogen) atoms. The summed E-state index contributed by atoms with van der Waals surface area (Å²) in [7, 11) is 0. The molecule has 0 aliphatic rings. The molecule has 0 bridgehead atoms. The molecule has 0 radical (unpaired) electrons. The summed E-state index contributed by atoms with van der Waals surface area (Å²) in [6.45, 7) is 1.95. The summed E-state index contributed by atoms with van der Waals surface area (Å²) in [6.07, 6.45) is 1.28. The lowest BCUT2D eigenvalue weighted by Gasteiger charge is -2.04. The zero-order chi connectivity index (χ0) is 8.69. The number of carbonyl (C=O) groups excluding carboxylic acids is 2. The van der Waals surface area contributed by atoms with Gasteiger partial charge in [-0.15, -0.1) is 0 Å². The number of hydrogen-bond donors (Lipinski definition) is 1. The molecule has 1 unspecified atom stereocenters. The van der Waals surface area contributed by atoms with Gasteiger partial charge in [0.15, 0.2) is 6.04 Å². The van der Waals surface area contributed by atoms with Crippen molar-refractivity contribution in [2.24, 2.45) is 4.99 Å². The van der Waals surface area contributed by atoms with Crippen molar-refractivity contribution >= 4 is 24.7 Å². The van der Waals surface area contributed by atoms with E-state index in [1.165, 1.54) is 6.08 Å². The van der Waals surface area contributed by atoms with E-state index in [0.717, 1.165) is 0 Å². The number of ether oxygens (including phenoxy) is 1. The van der Waals surface area contributed by atoms with Crippen molar-refractivity contribution in [3.8, 4) is 0 Å². The summed E-state index contributed by atoms with van der Waals surface area (Å²) >= 11 is 3.81. The maximum Gasteiger partial charge on any atom is 0.332 e. The van der Waals surface area contributed by atoms with Gasteiger partial charge in [0.25, 0.3) is 0 Å². The van der Waals surface area contributed by atoms with Gasteiger partial charge in [-0.05, 0) is 6.92 Å². The molecule has 4 nitrogen and oxygen atoms in total. The average Bonchev–Trinajstić information content (AvgIpc) is 2.00. The van der Waals surface area contributed by atoms with E-state index < -0.39 is 12.0 Å². The van der Waals surface area contributed by atoms with Gasteiger partial charge in [-0.3, -0.25) is 0 Å². The van der Waals surface area contributed by atoms with E-state index in [-0.39, 0.29) is 12.4 Å². The predicted molar refractivity (Wildman–Crippen MR) is 42.4 cm³/mol. The summed E-state index contributed by atoms with van der Waals surface area (Å²) in [5.74, 6) is -0.375. The van der Waals surface area contributed by atoms with Crippen molar-refractivity contribution < 1.29 is 14.3 Å². The van der Waals surface area contributed by atoms with E-state index in [0.29, 0.717) is 0 Å². The zero-order valence-electron chi connectivity index (χ0n) is 6.11. The fourth-order valence-electron chi connectivity index (χ4n) is 0.470. The van der Waals surface area contributed by atoms with Crippen LogP contribution in [-0.2, 0) is 14.3 Å². The van der Waals surface area contributed by atoms with E-state index in [1.807, 2.05) is 0 Å². The minimum Gasteiger partial charge on any atom is -0.464 e. The Morgan fingerprint density at radius 2 is 2.45 bits per heavy atom. The topological polar surface area (TPSA) is 55.7 Å². The largest absolute Gasteiger partial charge is 0.464 e. The Balaban J connectivity index is 4.02. The number of hydrogen-bond acceptors (Lipinski definition) is 5. The first-order chi connectivity index (χ1) is 5.26. The van der Waals surface area contributed by atoms with Crippen LogP contribution in [0.25, 0.3) is 0 Å². The molecule has 0 rings (SSSR count). The molecule has 1 atom stereocenters. The first-order valence-corrected chi connectivity index (χ1v) is 3.74. The molecular weight excluding hydrogens is 166 g/mol. The predicted octanol–water partition coefficient (Wildman–Crippen LogP) is 0.184. The van der Waals surface area contributed by atoms with E-state index in [9.17, 15) is 9.59 Å². The Kier molecular flexibility index (Phi) is 5.51. The third-order valence-corrected chi connectivity index (χ3v) is 1.29. The lowest BCUT2D eigenvalue weighted by molar-refractivity contribution is -0.143. The number of isocyanates is 1. The smallest absolute Gasteiger partial charge is 0.332 e. The molecule has 0 aromatic heterocycles. The van der Waals surface area contributed by atoms with Crippen LogP contribution in [0, 0.1) is 0 Å². The molecule has 0 aromatic rings. The van der Waals surface area contributed by atoms with Crippen molar-refractivity contribution in [1.82, 2.24) is 0 Å². The highest BCUT2D eigenvalue weighted by Crippen LogP contribution is 1.96. The summed E-state index contributed by atoms with van der Waals surface area (Å²) < 4.78 is 4.59. The second kappa shape index (κ2) is 5.95. The molecule has 0 aliphatic carbocycles. The molecular formula is C6H9NO3S. The van der Waals surface area contributed by atoms with Crippen LogP contribution < -0.4 is 0 Å². The van der Waals surface area contributed by atoms with Gasteiger partial charge < -0.3 is 4.74 Å². The highest BCUT2D eigenvalue weighted by Gasteiger charge is 2.15. The standard InChI is InChI=1S/C6H9NO3S/c1-2-10-6(9)5(3-11)7-4-8/h5,11H,2-3H2,1H3. The van der Waals surface area contributed by atoms with Gasteiger partial charge in [0, 0.05) is 5.75 Å². The van der Waals surface area contributed by atoms with E-state index in [2.05, 4.69) is 22.4 Å². The second-order valence-corrected chi connectivity index (χ2v) is 2.04. The lowest BCUT2D eigenvalue weighted by Crippen LogP contribution is -2.22. The molecule has 0 aromatic carbocycles. The van der Waals surface area contributed by atoms with Crippen LogP contribution in [0.1, 0.15) is 6.92 Å². The molecule has 0 aliphatic heterocycles. The van der Waals surface area contributed by atoms with Crippen LogP contribution in [-0.4, -0.2) is 30.5 Å². The molecule has 0 spiro atoms. The van der Waals surface area contributed by atoms with Gasteiger partial charge in [0.2, 0.25) is 6.08 Å². The van der Waals surface area contributed by atoms with Gasteiger partial charge in [-0.25, -0.2) is 9.59 Å². The molecule has 0 heterocycles. The normalized spacial score (nSPS) is 11.5. The summed E-state index contributed by atoms with van der Waals surface area (Å²) in [5, 5.41) is 0. The zero-order valence-corrected chi connectivity index (χ0v) is 7.01. The summed E-state index contributed by atoms with van der Waals surface area (Å²) in [4.78, 5) is 23.8. The van der Waals surface area contributed by atoms with Crippen molar-refractivity contribution in [3.05, 3.63) is 0 Å². The molecule has 5 heteroatoms. The Hall–Kier alpha value is -0.800. The van der Waals surface area contributed by atoms with Crippen LogP contribution in [0.5, 0.6) is 0 Å². The molecule has 0 amide bonds. The average molecular weight is 175 g/mol. The van der Waals surface area contributed by atoms with Gasteiger partial charge in [0.1, 0.15) is 0 Å². The fraction of sp³-hybridized carbons (Fsp3) is 0.667. The van der Waals surface area contributed by atoms with Crippen LogP contribution in [0.3, 0.4) is 0 Å². The highest BCUT2D eigenvalue weighted by molar-refractivity contribution is 7.80. The van der Waals surface area contributed by atoms with E-state index >= 15 is 0 Å². The number of nitrogens with zero attached hydrogens (tertiary/aromatic N) is 1. The summed E-state index contributed by atoms with van der Waals surface area (Å²) in [6, 6.07) is -0.809. The number of esters is 1. The van der Waals surface area contributed by atoms with Crippen LogP contribution >= 0.6 is 12.6 Å². The Bertz CT molecular complexity index is 177. The molecule has 0 saturated carbocycles. The van der Waals surface area contributed by atoms with Crippen molar-refractivity contribution in [3.63, 3.8) is 0 Å². The third kappa shape index (κ3) is 3.80. The first-order valence-electron chi connectivity index (χ1n) is 3.10. The molecule has 62 valence electrons. The second-order valence-electron chi connectivity index (χ2n) is 1.67. The SMILES string of the molecule is CCOC(=O)C(CS)N=C=O. The Morgan fingerprint density at radius 1 is 1.82 bits per heavy atom. The summed E-state index contributed by atoms with van der Waals surface area (Å²) in [5.41, 5.74) is 0. The van der Waals surface area contributed by atoms with Crippen LogP contribution in [0.4, 0.5) is 0 Å². The molecule has 0 fully saturated rings. The maximum absolute atomic E-state index is 10.8. The number of aliphatic imine (C=N–C) groups is 1. The first kappa shape index (κ1) is 10.2. The molecule has 0 saturated heterocycles. The lowest BCUT2D eigenvalue weighted by atomic mass is 10.4. The van der Waals surface area contributed by atoms with Gasteiger partial charge in [-0.1, -0.05) is 0 Å². The van der Waals surface area contributed by atoms with Crippen molar-refractivity contribution in [1.29, 1.82) is 0 Å². The van der Waals surface area contributed by atoms with Gasteiger partial charge >= 0.3 is 5.97 Å². The van der Waals surface area contributed by atoms with Crippen molar-refractivity contribution in [2.75, 3.05) is 12.4 Å². The number of carbonyl (C=O) groups is 1. The Labute approximate surface area is 70.1 Å². The quantitative estimate of drug-likeness (QED) is 0.287. The Morgan fingerprint density at radius 3 is 2.82 bits per heavy atom. The fourth-order valence-corrected chi connectivity index (χ4v) is 0.701. The van der Waals surface area contributed by atoms with Crippen molar-refractivity contribution in [2.45, 2.75) is 13.0 Å². The van der Waals surface area contributed by atoms with Gasteiger partial charge in [0.05, 0.1) is 6.61 Å². The monoisotopic (exact) mass is 175 g/mol. The van der Waals surface area contributed by atoms with E-state index in [1.54, 1.807) is 6.92 Å². The number of thiol groups is 1. The minimum absolute atomic E-state index is 0.161. The minimum atomic E-state index is -0.809. The third-order valence-electron chi connectivity index (χ3n) is 0.940. The maximum atomic E-state index is 10.8. The van der Waals surface area contributed by atoms with E-state index in [4.69, 9.17) is 0 Å². The van der Waals surface area contributed by atoms with Crippen LogP contribution in [0.2, 0.25) is 0 Å². The highest BCUT2D eigenvalue weighted by atomic mass is 32.1. The van der Waals surface area contributed by atoms with Gasteiger partial charge in [-0.2, -0.15) is 17.6 Å². The number of rotatable bonds is 4. The van der Waals surface area contributed by atoms with Crippen LogP contribution in [0.15, 0.2) is 4.99 Å².